The van der Waals surface area contributed by atoms with Gasteiger partial charge in [-0.1, -0.05) is 24.3 Å². The van der Waals surface area contributed by atoms with E-state index >= 15 is 0 Å². The molecular weight excluding hydrogens is 284 g/mol. The molecule has 0 saturated carbocycles. The predicted octanol–water partition coefficient (Wildman–Crippen LogP) is 4.07. The van der Waals surface area contributed by atoms with Crippen LogP contribution in [0.15, 0.2) is 36.4 Å². The minimum Gasteiger partial charge on any atom is -0.461 e. The summed E-state index contributed by atoms with van der Waals surface area (Å²) in [5.74, 6) is -0.333. The molecule has 2 rings (SSSR count). The molecule has 0 radical (unpaired) electrons. The average molecular weight is 302 g/mol. The van der Waals surface area contributed by atoms with E-state index in [4.69, 9.17) is 4.74 Å². The molecule has 1 aromatic carbocycles. The van der Waals surface area contributed by atoms with E-state index in [0.29, 0.717) is 4.88 Å². The minimum absolute atomic E-state index is 0.000872. The summed E-state index contributed by atoms with van der Waals surface area (Å²) in [5, 5.41) is 0. The van der Waals surface area contributed by atoms with Crippen LogP contribution in [0.1, 0.15) is 38.5 Å². The number of hydrogen-bond acceptors (Lipinski definition) is 4. The maximum atomic E-state index is 11.9. The molecule has 0 bridgehead atoms. The summed E-state index contributed by atoms with van der Waals surface area (Å²) < 4.78 is 5.21. The molecule has 0 aliphatic heterocycles. The first-order valence-corrected chi connectivity index (χ1v) is 7.67. The lowest BCUT2D eigenvalue weighted by atomic mass is 10.1. The molecule has 3 nitrogen and oxygen atoms in total. The largest absolute Gasteiger partial charge is 0.461 e. The Morgan fingerprint density at radius 3 is 2.48 bits per heavy atom. The molecular formula is C17H18O3S. The minimum atomic E-state index is -0.333. The second-order valence-electron chi connectivity index (χ2n) is 4.92. The van der Waals surface area contributed by atoms with E-state index in [2.05, 4.69) is 0 Å². The Bertz CT molecular complexity index is 643. The Balaban J connectivity index is 1.78. The number of benzene rings is 1. The summed E-state index contributed by atoms with van der Waals surface area (Å²) in [4.78, 5) is 25.4. The van der Waals surface area contributed by atoms with E-state index in [0.717, 1.165) is 16.0 Å². The Hall–Kier alpha value is -1.94. The number of carbonyl (C=O) groups is 2. The molecule has 1 aromatic heterocycles. The third-order valence-electron chi connectivity index (χ3n) is 3.22. The molecule has 2 aromatic rings. The number of esters is 1. The van der Waals surface area contributed by atoms with Crippen molar-refractivity contribution in [3.8, 4) is 0 Å². The Morgan fingerprint density at radius 1 is 1.05 bits per heavy atom. The number of aryl methyl sites for hydroxylation is 2. The van der Waals surface area contributed by atoms with Crippen molar-refractivity contribution in [2.75, 3.05) is 0 Å². The lowest BCUT2D eigenvalue weighted by Crippen LogP contribution is -2.08. The van der Waals surface area contributed by atoms with E-state index in [1.807, 2.05) is 44.2 Å². The van der Waals surface area contributed by atoms with Gasteiger partial charge in [-0.25, -0.2) is 0 Å². The van der Waals surface area contributed by atoms with Crippen molar-refractivity contribution < 1.29 is 14.3 Å². The van der Waals surface area contributed by atoms with Gasteiger partial charge >= 0.3 is 5.97 Å². The normalized spacial score (nSPS) is 10.4. The van der Waals surface area contributed by atoms with Gasteiger partial charge in [0.15, 0.2) is 5.78 Å². The maximum absolute atomic E-state index is 11.9. The topological polar surface area (TPSA) is 43.4 Å². The highest BCUT2D eigenvalue weighted by atomic mass is 32.1. The second kappa shape index (κ2) is 7.18. The van der Waals surface area contributed by atoms with E-state index in [9.17, 15) is 9.59 Å². The maximum Gasteiger partial charge on any atom is 0.306 e. The third kappa shape index (κ3) is 4.53. The second-order valence-corrected chi connectivity index (χ2v) is 6.21. The van der Waals surface area contributed by atoms with Crippen LogP contribution in [0.5, 0.6) is 0 Å². The van der Waals surface area contributed by atoms with Crippen LogP contribution in [0.3, 0.4) is 0 Å². The number of ether oxygens (including phenoxy) is 1. The summed E-state index contributed by atoms with van der Waals surface area (Å²) in [6.07, 6.45) is 0.328. The van der Waals surface area contributed by atoms with Crippen LogP contribution < -0.4 is 0 Å². The first kappa shape index (κ1) is 15.4. The first-order chi connectivity index (χ1) is 10.1. The van der Waals surface area contributed by atoms with Crippen molar-refractivity contribution >= 4 is 23.1 Å². The Morgan fingerprint density at radius 2 is 1.81 bits per heavy atom. The van der Waals surface area contributed by atoms with Crippen LogP contribution in [-0.4, -0.2) is 11.8 Å². The highest BCUT2D eigenvalue weighted by molar-refractivity contribution is 7.14. The molecule has 1 heterocycles. The Kier molecular flexibility index (Phi) is 5.28. The lowest BCUT2D eigenvalue weighted by molar-refractivity contribution is -0.144. The van der Waals surface area contributed by atoms with Crippen molar-refractivity contribution in [3.05, 3.63) is 57.3 Å². The molecule has 4 heteroatoms. The van der Waals surface area contributed by atoms with Gasteiger partial charge < -0.3 is 4.74 Å². The number of carbonyl (C=O) groups excluding carboxylic acids is 2. The van der Waals surface area contributed by atoms with Gasteiger partial charge in [0.2, 0.25) is 0 Å². The SMILES string of the molecule is Cc1ccc(C(=O)CCC(=O)OCc2ccccc2C)s1. The van der Waals surface area contributed by atoms with Gasteiger partial charge in [0.1, 0.15) is 6.61 Å². The van der Waals surface area contributed by atoms with Gasteiger partial charge in [-0.3, -0.25) is 9.59 Å². The molecule has 21 heavy (non-hydrogen) atoms. The molecule has 0 saturated heterocycles. The Labute approximate surface area is 128 Å². The van der Waals surface area contributed by atoms with Gasteiger partial charge in [-0.2, -0.15) is 0 Å². The molecule has 0 aliphatic rings. The summed E-state index contributed by atoms with van der Waals surface area (Å²) in [7, 11) is 0. The standard InChI is InChI=1S/C17H18O3S/c1-12-5-3-4-6-14(12)11-20-17(19)10-8-15(18)16-9-7-13(2)21-16/h3-7,9H,8,10-11H2,1-2H3. The zero-order chi connectivity index (χ0) is 15.2. The number of Topliss-reactive ketones (excluding diaryl/α,β-unsaturated/α-hetero) is 1. The summed E-state index contributed by atoms with van der Waals surface area (Å²) >= 11 is 1.46. The highest BCUT2D eigenvalue weighted by Crippen LogP contribution is 2.17. The molecule has 0 N–H and O–H groups in total. The number of ketones is 1. The van der Waals surface area contributed by atoms with Crippen LogP contribution in [0.2, 0.25) is 0 Å². The van der Waals surface area contributed by atoms with Gasteiger partial charge in [0.25, 0.3) is 0 Å². The molecule has 0 unspecified atom stereocenters. The number of rotatable bonds is 6. The molecule has 0 amide bonds. The van der Waals surface area contributed by atoms with Gasteiger partial charge in [-0.05, 0) is 37.1 Å². The smallest absolute Gasteiger partial charge is 0.306 e. The molecule has 0 fully saturated rings. The zero-order valence-corrected chi connectivity index (χ0v) is 13.0. The van der Waals surface area contributed by atoms with Gasteiger partial charge in [0, 0.05) is 11.3 Å². The zero-order valence-electron chi connectivity index (χ0n) is 12.2. The summed E-state index contributed by atoms with van der Waals surface area (Å²) in [5.41, 5.74) is 2.08. The van der Waals surface area contributed by atoms with Crippen LogP contribution in [0.4, 0.5) is 0 Å². The number of thiophene rings is 1. The molecule has 0 atom stereocenters. The summed E-state index contributed by atoms with van der Waals surface area (Å²) in [6.45, 7) is 4.20. The van der Waals surface area contributed by atoms with Crippen LogP contribution in [0, 0.1) is 13.8 Å². The van der Waals surface area contributed by atoms with Crippen molar-refractivity contribution in [3.63, 3.8) is 0 Å². The number of hydrogen-bond donors (Lipinski definition) is 0. The molecule has 0 aliphatic carbocycles. The van der Waals surface area contributed by atoms with Crippen LogP contribution in [0.25, 0.3) is 0 Å². The van der Waals surface area contributed by atoms with Gasteiger partial charge in [0.05, 0.1) is 11.3 Å². The van der Waals surface area contributed by atoms with E-state index < -0.39 is 0 Å². The quantitative estimate of drug-likeness (QED) is 0.596. The average Bonchev–Trinajstić information content (AvgIpc) is 2.90. The van der Waals surface area contributed by atoms with Crippen molar-refractivity contribution in [2.24, 2.45) is 0 Å². The predicted molar refractivity (Wildman–Crippen MR) is 83.6 cm³/mol. The van der Waals surface area contributed by atoms with E-state index in [1.54, 1.807) is 6.07 Å². The van der Waals surface area contributed by atoms with E-state index in [-0.39, 0.29) is 31.2 Å². The van der Waals surface area contributed by atoms with Gasteiger partial charge in [-0.15, -0.1) is 11.3 Å². The fraction of sp³-hybridized carbons (Fsp3) is 0.294. The fourth-order valence-electron chi connectivity index (χ4n) is 1.93. The first-order valence-electron chi connectivity index (χ1n) is 6.86. The molecule has 0 spiro atoms. The summed E-state index contributed by atoms with van der Waals surface area (Å²) in [6, 6.07) is 11.5. The van der Waals surface area contributed by atoms with Crippen molar-refractivity contribution in [2.45, 2.75) is 33.3 Å². The van der Waals surface area contributed by atoms with Crippen LogP contribution in [-0.2, 0) is 16.1 Å². The highest BCUT2D eigenvalue weighted by Gasteiger charge is 2.12. The van der Waals surface area contributed by atoms with Crippen molar-refractivity contribution in [1.82, 2.24) is 0 Å². The monoisotopic (exact) mass is 302 g/mol. The van der Waals surface area contributed by atoms with Crippen molar-refractivity contribution in [1.29, 1.82) is 0 Å². The fourth-order valence-corrected chi connectivity index (χ4v) is 2.76. The third-order valence-corrected chi connectivity index (χ3v) is 4.26. The molecule has 110 valence electrons. The lowest BCUT2D eigenvalue weighted by Gasteiger charge is -2.07. The van der Waals surface area contributed by atoms with Crippen LogP contribution >= 0.6 is 11.3 Å². The van der Waals surface area contributed by atoms with E-state index in [1.165, 1.54) is 11.3 Å².